The molecule has 0 aromatic rings. The third-order valence-corrected chi connectivity index (χ3v) is 0.563. The van der Waals surface area contributed by atoms with Crippen molar-refractivity contribution in [3.8, 4) is 0 Å². The molecule has 0 unspecified atom stereocenters. The van der Waals surface area contributed by atoms with Crippen molar-refractivity contribution in [2.45, 2.75) is 13.3 Å². The second kappa shape index (κ2) is 3.01. The molecule has 0 atom stereocenters. The highest BCUT2D eigenvalue weighted by Gasteiger charge is 2.01. The van der Waals surface area contributed by atoms with Crippen molar-refractivity contribution in [2.24, 2.45) is 0 Å². The molecule has 0 bridgehead atoms. The van der Waals surface area contributed by atoms with E-state index in [2.05, 4.69) is 0 Å². The average Bonchev–Trinajstić information content (AvgIpc) is 1.65. The predicted molar refractivity (Wildman–Crippen MR) is 24.5 cm³/mol. The summed E-state index contributed by atoms with van der Waals surface area (Å²) in [5.41, 5.74) is 0. The van der Waals surface area contributed by atoms with Crippen LogP contribution in [0.3, 0.4) is 0 Å². The molecule has 0 aromatic carbocycles. The molecule has 8 heavy (non-hydrogen) atoms. The molecular weight excluding hydrogens is 110 g/mol. The van der Waals surface area contributed by atoms with Crippen molar-refractivity contribution in [1.82, 2.24) is 5.32 Å². The van der Waals surface area contributed by atoms with Crippen LogP contribution in [0.5, 0.6) is 0 Å². The molecule has 0 heterocycles. The Morgan fingerprint density at radius 2 is 2.00 bits per heavy atom. The first-order valence-electron chi connectivity index (χ1n) is 2.17. The molecule has 0 rings (SSSR count). The first-order chi connectivity index (χ1) is 3.66. The van der Waals surface area contributed by atoms with Gasteiger partial charge < -0.3 is 0 Å². The Morgan fingerprint density at radius 1 is 1.50 bits per heavy atom. The summed E-state index contributed by atoms with van der Waals surface area (Å²) in [6.07, 6.45) is -1.38. The van der Waals surface area contributed by atoms with E-state index in [0.717, 1.165) is 0 Å². The summed E-state index contributed by atoms with van der Waals surface area (Å²) in [5.74, 6) is -0.537. The zero-order valence-electron chi connectivity index (χ0n) is 4.43. The molecular formula is C4H6NO3. The number of hydrogen-bond acceptors (Lipinski definition) is 2. The van der Waals surface area contributed by atoms with Crippen molar-refractivity contribution in [1.29, 1.82) is 0 Å². The number of imide groups is 1. The van der Waals surface area contributed by atoms with Gasteiger partial charge in [-0.15, -0.1) is 0 Å². The standard InChI is InChI=1S/C4H6NO3/c1-2-3(6)5-4(7)8/h2H2,1H3,(H,5,6). The fraction of sp³-hybridized carbons (Fsp3) is 0.500. The lowest BCUT2D eigenvalue weighted by molar-refractivity contribution is -0.120. The van der Waals surface area contributed by atoms with Crippen LogP contribution >= 0.6 is 0 Å². The van der Waals surface area contributed by atoms with Gasteiger partial charge in [-0.25, -0.2) is 9.90 Å². The van der Waals surface area contributed by atoms with E-state index in [4.69, 9.17) is 0 Å². The number of carbonyl (C=O) groups excluding carboxylic acids is 2. The molecule has 0 spiro atoms. The Bertz CT molecular complexity index is 110. The molecule has 0 aliphatic rings. The number of rotatable bonds is 1. The zero-order chi connectivity index (χ0) is 6.57. The van der Waals surface area contributed by atoms with E-state index in [1.807, 2.05) is 0 Å². The lowest BCUT2D eigenvalue weighted by atomic mass is 10.5. The van der Waals surface area contributed by atoms with Crippen molar-refractivity contribution < 1.29 is 14.7 Å². The Balaban J connectivity index is 3.40. The van der Waals surface area contributed by atoms with Crippen LogP contribution in [-0.2, 0) is 9.90 Å². The average molecular weight is 116 g/mol. The molecule has 4 heteroatoms. The minimum atomic E-state index is -1.54. The van der Waals surface area contributed by atoms with Crippen molar-refractivity contribution in [2.75, 3.05) is 0 Å². The summed E-state index contributed by atoms with van der Waals surface area (Å²) >= 11 is 0. The summed E-state index contributed by atoms with van der Waals surface area (Å²) in [6, 6.07) is 0. The Kier molecular flexibility index (Phi) is 2.61. The molecule has 0 saturated carbocycles. The highest BCUT2D eigenvalue weighted by Crippen LogP contribution is 1.73. The van der Waals surface area contributed by atoms with Crippen LogP contribution in [0.25, 0.3) is 0 Å². The maximum absolute atomic E-state index is 10.1. The third-order valence-electron chi connectivity index (χ3n) is 0.563. The van der Waals surface area contributed by atoms with Crippen LogP contribution in [0.1, 0.15) is 13.3 Å². The van der Waals surface area contributed by atoms with Gasteiger partial charge in [0.1, 0.15) is 0 Å². The Morgan fingerprint density at radius 3 is 2.12 bits per heavy atom. The Labute approximate surface area is 46.5 Å². The van der Waals surface area contributed by atoms with Gasteiger partial charge in [0.2, 0.25) is 5.91 Å². The number of carbonyl (C=O) groups is 2. The normalized spacial score (nSPS) is 8.12. The summed E-state index contributed by atoms with van der Waals surface area (Å²) in [7, 11) is 0. The number of hydrogen-bond donors (Lipinski definition) is 1. The second-order valence-electron chi connectivity index (χ2n) is 1.19. The molecule has 2 amide bonds. The molecule has 1 radical (unpaired) electrons. The second-order valence-corrected chi connectivity index (χ2v) is 1.19. The van der Waals surface area contributed by atoms with E-state index in [1.54, 1.807) is 12.2 Å². The van der Waals surface area contributed by atoms with Gasteiger partial charge in [0.25, 0.3) is 0 Å². The van der Waals surface area contributed by atoms with E-state index in [0.29, 0.717) is 0 Å². The van der Waals surface area contributed by atoms with Gasteiger partial charge in [0, 0.05) is 6.42 Å². The molecule has 0 aliphatic carbocycles. The first-order valence-corrected chi connectivity index (χ1v) is 2.17. The summed E-state index contributed by atoms with van der Waals surface area (Å²) in [6.45, 7) is 1.55. The molecule has 0 aromatic heterocycles. The van der Waals surface area contributed by atoms with Crippen LogP contribution < -0.4 is 5.32 Å². The SMILES string of the molecule is CCC(=O)NC([O])=O. The van der Waals surface area contributed by atoms with Crippen LogP contribution in [0, 0.1) is 0 Å². The van der Waals surface area contributed by atoms with E-state index >= 15 is 0 Å². The topological polar surface area (TPSA) is 66.1 Å². The minimum absolute atomic E-state index is 0.161. The van der Waals surface area contributed by atoms with E-state index in [9.17, 15) is 14.7 Å². The van der Waals surface area contributed by atoms with Gasteiger partial charge in [-0.05, 0) is 0 Å². The van der Waals surface area contributed by atoms with E-state index in [-0.39, 0.29) is 6.42 Å². The van der Waals surface area contributed by atoms with Gasteiger partial charge in [0.15, 0.2) is 0 Å². The fourth-order valence-corrected chi connectivity index (χ4v) is 0.202. The van der Waals surface area contributed by atoms with Gasteiger partial charge in [-0.3, -0.25) is 10.1 Å². The van der Waals surface area contributed by atoms with E-state index in [1.165, 1.54) is 0 Å². The first kappa shape index (κ1) is 6.94. The number of amides is 2. The largest absolute Gasteiger partial charge is 0.457 e. The third kappa shape index (κ3) is 3.14. The highest BCUT2D eigenvalue weighted by atomic mass is 16.4. The van der Waals surface area contributed by atoms with Crippen LogP contribution in [-0.4, -0.2) is 12.0 Å². The summed E-state index contributed by atoms with van der Waals surface area (Å²) < 4.78 is 0. The molecule has 45 valence electrons. The van der Waals surface area contributed by atoms with Crippen molar-refractivity contribution in [3.63, 3.8) is 0 Å². The lowest BCUT2D eigenvalue weighted by Gasteiger charge is -1.88. The fourth-order valence-electron chi connectivity index (χ4n) is 0.202. The van der Waals surface area contributed by atoms with Crippen molar-refractivity contribution >= 4 is 12.0 Å². The quantitative estimate of drug-likeness (QED) is 0.526. The minimum Gasteiger partial charge on any atom is -0.275 e. The zero-order valence-corrected chi connectivity index (χ0v) is 4.43. The molecule has 1 N–H and O–H groups in total. The van der Waals surface area contributed by atoms with Gasteiger partial charge in [-0.2, -0.15) is 0 Å². The Hall–Kier alpha value is -1.06. The summed E-state index contributed by atoms with van der Waals surface area (Å²) in [5, 5.41) is 11.1. The van der Waals surface area contributed by atoms with Gasteiger partial charge >= 0.3 is 6.09 Å². The van der Waals surface area contributed by atoms with Crippen LogP contribution in [0.15, 0.2) is 0 Å². The number of nitrogens with one attached hydrogen (secondary N) is 1. The van der Waals surface area contributed by atoms with Crippen LogP contribution in [0.2, 0.25) is 0 Å². The van der Waals surface area contributed by atoms with Crippen LogP contribution in [0.4, 0.5) is 4.79 Å². The maximum Gasteiger partial charge on any atom is 0.457 e. The molecule has 0 aliphatic heterocycles. The monoisotopic (exact) mass is 116 g/mol. The molecule has 0 saturated heterocycles. The molecule has 4 nitrogen and oxygen atoms in total. The lowest BCUT2D eigenvalue weighted by Crippen LogP contribution is -2.26. The highest BCUT2D eigenvalue weighted by molar-refractivity contribution is 5.90. The smallest absolute Gasteiger partial charge is 0.275 e. The maximum atomic E-state index is 10.1. The molecule has 0 fully saturated rings. The summed E-state index contributed by atoms with van der Waals surface area (Å²) in [4.78, 5) is 19.6. The predicted octanol–water partition coefficient (Wildman–Crippen LogP) is 0.0631. The van der Waals surface area contributed by atoms with Gasteiger partial charge in [-0.1, -0.05) is 6.92 Å². The van der Waals surface area contributed by atoms with Crippen molar-refractivity contribution in [3.05, 3.63) is 0 Å². The van der Waals surface area contributed by atoms with Gasteiger partial charge in [0.05, 0.1) is 0 Å². The van der Waals surface area contributed by atoms with E-state index < -0.39 is 12.0 Å².